The van der Waals surface area contributed by atoms with Crippen LogP contribution in [-0.2, 0) is 111 Å². The lowest BCUT2D eigenvalue weighted by atomic mass is 9.71. The fourth-order valence-electron chi connectivity index (χ4n) is 7.74. The number of alkyl carbamates (subject to hydrolysis) is 1. The van der Waals surface area contributed by atoms with Crippen LogP contribution in [-0.4, -0.2) is 196 Å². The van der Waals surface area contributed by atoms with Crippen molar-refractivity contribution >= 4 is 38.6 Å². The zero-order chi connectivity index (χ0) is 56.5. The van der Waals surface area contributed by atoms with Gasteiger partial charge in [0.05, 0.1) is 111 Å². The minimum absolute atomic E-state index is 0.00729. The van der Waals surface area contributed by atoms with Crippen LogP contribution in [0, 0.1) is 0 Å². The van der Waals surface area contributed by atoms with E-state index < -0.39 is 115 Å². The lowest BCUT2D eigenvalue weighted by molar-refractivity contribution is -0.264. The lowest BCUT2D eigenvalue weighted by Gasteiger charge is -2.42. The first-order valence-electron chi connectivity index (χ1n) is 23.1. The van der Waals surface area contributed by atoms with Crippen molar-refractivity contribution in [2.45, 2.75) is 36.1 Å². The van der Waals surface area contributed by atoms with E-state index in [4.69, 9.17) is 66.3 Å². The summed E-state index contributed by atoms with van der Waals surface area (Å²) in [7, 11) is -0.0433. The van der Waals surface area contributed by atoms with Crippen LogP contribution in [0.15, 0.2) is 18.2 Å². The van der Waals surface area contributed by atoms with Gasteiger partial charge in [-0.05, 0) is 6.07 Å². The third-order valence-corrected chi connectivity index (χ3v) is 16.3. The molecule has 436 valence electrons. The fraction of sp³-hybridized carbons (Fsp3) is 0.644. The van der Waals surface area contributed by atoms with Crippen LogP contribution in [0.1, 0.15) is 61.9 Å². The number of carbonyl (C=O) groups is 4. The van der Waals surface area contributed by atoms with Gasteiger partial charge in [-0.25, -0.2) is 24.3 Å². The van der Waals surface area contributed by atoms with Crippen LogP contribution in [0.2, 0.25) is 0 Å². The Kier molecular flexibility index (Phi) is 27.8. The lowest BCUT2D eigenvalue weighted by Crippen LogP contribution is -2.51. The smallest absolute Gasteiger partial charge is 0.428 e. The maximum atomic E-state index is 15.0. The number of rotatable bonds is 41. The molecule has 0 spiro atoms. The number of Topliss-reactive ketones (excluding diaryl/α,β-unsaturated/α-hetero) is 1. The Bertz CT molecular complexity index is 2270. The van der Waals surface area contributed by atoms with E-state index >= 15 is 14.4 Å². The molecule has 0 aliphatic heterocycles. The van der Waals surface area contributed by atoms with Crippen molar-refractivity contribution in [3.8, 4) is 17.2 Å². The van der Waals surface area contributed by atoms with Gasteiger partial charge in [-0.1, -0.05) is 12.1 Å². The molecule has 2 aromatic carbocycles. The van der Waals surface area contributed by atoms with Crippen LogP contribution < -0.4 is 19.5 Å². The summed E-state index contributed by atoms with van der Waals surface area (Å²) in [6.07, 6.45) is -4.73. The van der Waals surface area contributed by atoms with E-state index in [0.717, 1.165) is 28.4 Å². The SMILES string of the molecule is COCCOCOc1c2c(c(OCOCCOC)c3c1C(=O)c1cccc(OC)c1C3=O)C(OCOCCOC)CC(OCOCCOC)(C(=O)COC(=O)NCCC(O)(P(=O)(OOC)OOC)P(=O)(OOC)OOC)C2. The number of ketones is 3. The van der Waals surface area contributed by atoms with Crippen molar-refractivity contribution in [1.29, 1.82) is 0 Å². The Labute approximate surface area is 443 Å². The Hall–Kier alpha value is -4.18. The minimum atomic E-state index is -5.33. The van der Waals surface area contributed by atoms with Crippen LogP contribution in [0.25, 0.3) is 0 Å². The molecule has 2 aliphatic rings. The van der Waals surface area contributed by atoms with Gasteiger partial charge in [0.1, 0.15) is 36.4 Å². The van der Waals surface area contributed by atoms with Crippen molar-refractivity contribution in [3.05, 3.63) is 51.6 Å². The number of aliphatic hydroxyl groups is 1. The van der Waals surface area contributed by atoms with Crippen molar-refractivity contribution in [3.63, 3.8) is 0 Å². The van der Waals surface area contributed by atoms with Gasteiger partial charge in [0.2, 0.25) is 11.6 Å². The molecule has 0 aromatic heterocycles. The van der Waals surface area contributed by atoms with E-state index in [1.54, 1.807) is 0 Å². The fourth-order valence-corrected chi connectivity index (χ4v) is 11.4. The second-order valence-corrected chi connectivity index (χ2v) is 20.2. The molecule has 4 rings (SSSR count). The Balaban J connectivity index is 1.90. The van der Waals surface area contributed by atoms with Gasteiger partial charge in [0.25, 0.3) is 5.08 Å². The van der Waals surface area contributed by atoms with Gasteiger partial charge in [0.15, 0.2) is 26.0 Å². The minimum Gasteiger partial charge on any atom is -0.496 e. The molecule has 0 saturated heterocycles. The number of methoxy groups -OCH3 is 5. The summed E-state index contributed by atoms with van der Waals surface area (Å²) >= 11 is 0. The molecule has 2 unspecified atom stereocenters. The quantitative estimate of drug-likeness (QED) is 0.0270. The largest absolute Gasteiger partial charge is 0.496 e. The third-order valence-electron chi connectivity index (χ3n) is 11.2. The number of amides is 1. The summed E-state index contributed by atoms with van der Waals surface area (Å²) in [5.41, 5.74) is -2.63. The zero-order valence-corrected chi connectivity index (χ0v) is 45.9. The molecule has 0 radical (unpaired) electrons. The maximum absolute atomic E-state index is 15.0. The highest BCUT2D eigenvalue weighted by atomic mass is 31.2. The Morgan fingerprint density at radius 1 is 0.662 bits per heavy atom. The predicted octanol–water partition coefficient (Wildman–Crippen LogP) is 3.50. The summed E-state index contributed by atoms with van der Waals surface area (Å²) in [6.45, 7) is -3.18. The Morgan fingerprint density at radius 2 is 1.17 bits per heavy atom. The monoisotopic (exact) mass is 1150 g/mol. The molecule has 30 nitrogen and oxygen atoms in total. The molecule has 2 aliphatic carbocycles. The highest BCUT2D eigenvalue weighted by molar-refractivity contribution is 7.73. The van der Waals surface area contributed by atoms with Crippen LogP contribution in [0.3, 0.4) is 0 Å². The van der Waals surface area contributed by atoms with Gasteiger partial charge in [-0.3, -0.25) is 23.5 Å². The number of hydrogen-bond acceptors (Lipinski definition) is 29. The van der Waals surface area contributed by atoms with Crippen molar-refractivity contribution in [2.75, 3.05) is 157 Å². The van der Waals surface area contributed by atoms with E-state index in [1.807, 2.05) is 0 Å². The van der Waals surface area contributed by atoms with Crippen molar-refractivity contribution < 1.29 is 138 Å². The standard InChI is InChI=1S/C45H67NO29P2/c1-54-15-19-63-26-68-33-24-44(71-29-66-22-18-57-4,34(47)25-67-43(50)46-14-13-45(51,76(52,72-59-6)73-60-7)77(53,74-61-8)75-62-9)23-31-36(33)42(70-28-65-21-17-56-3)38-37(41(31)69-27-64-20-16-55-2)39(48)30-11-10-12-32(58-5)35(30)40(38)49/h10-12,33,51H,13-29H2,1-9H3,(H,46,50). The summed E-state index contributed by atoms with van der Waals surface area (Å²) < 4.78 is 126. The summed E-state index contributed by atoms with van der Waals surface area (Å²) in [5.74, 6) is -2.66. The predicted molar refractivity (Wildman–Crippen MR) is 256 cm³/mol. The molecule has 2 aromatic rings. The second-order valence-electron chi connectivity index (χ2n) is 15.8. The van der Waals surface area contributed by atoms with Crippen LogP contribution in [0.4, 0.5) is 4.79 Å². The molecule has 0 heterocycles. The van der Waals surface area contributed by atoms with Crippen LogP contribution in [0.5, 0.6) is 17.2 Å². The van der Waals surface area contributed by atoms with Gasteiger partial charge in [-0.15, -0.1) is 18.7 Å². The average Bonchev–Trinajstić information content (AvgIpc) is 3.52. The number of benzene rings is 2. The first-order valence-corrected chi connectivity index (χ1v) is 26.2. The molecule has 32 heteroatoms. The normalized spacial score (nSPS) is 16.4. The molecular formula is C45H67NO29P2. The molecule has 1 amide bonds. The molecular weight excluding hydrogens is 1080 g/mol. The zero-order valence-electron chi connectivity index (χ0n) is 44.1. The molecule has 0 saturated carbocycles. The third kappa shape index (κ3) is 16.2. The number of nitrogens with one attached hydrogen (secondary N) is 1. The molecule has 2 N–H and O–H groups in total. The summed E-state index contributed by atoms with van der Waals surface area (Å²) in [5, 5.41) is 10.5. The molecule has 77 heavy (non-hydrogen) atoms. The van der Waals surface area contributed by atoms with E-state index in [0.29, 0.717) is 0 Å². The molecule has 0 fully saturated rings. The van der Waals surface area contributed by atoms with Gasteiger partial charge in [0, 0.05) is 70.9 Å². The number of ether oxygens (including phenoxy) is 14. The van der Waals surface area contributed by atoms with Crippen molar-refractivity contribution in [1.82, 2.24) is 5.32 Å². The number of carbonyl (C=O) groups excluding carboxylic acids is 4. The van der Waals surface area contributed by atoms with E-state index in [2.05, 4.69) is 43.6 Å². The van der Waals surface area contributed by atoms with Gasteiger partial charge >= 0.3 is 21.3 Å². The van der Waals surface area contributed by atoms with E-state index in [1.165, 1.54) is 53.7 Å². The Morgan fingerprint density at radius 3 is 1.69 bits per heavy atom. The topological polar surface area (TPSA) is 338 Å². The van der Waals surface area contributed by atoms with Crippen LogP contribution >= 0.6 is 15.2 Å². The highest BCUT2D eigenvalue weighted by Crippen LogP contribution is 2.78. The number of fused-ring (bicyclic) bond motifs is 3. The first kappa shape index (κ1) is 65.3. The van der Waals surface area contributed by atoms with E-state index in [9.17, 15) is 19.0 Å². The van der Waals surface area contributed by atoms with E-state index in [-0.39, 0.29) is 103 Å². The average molecular weight is 1150 g/mol. The summed E-state index contributed by atoms with van der Waals surface area (Å²) in [6, 6.07) is 4.48. The van der Waals surface area contributed by atoms with Crippen molar-refractivity contribution in [2.24, 2.45) is 0 Å². The summed E-state index contributed by atoms with van der Waals surface area (Å²) in [4.78, 5) is 76.3. The second kappa shape index (κ2) is 32.8. The number of hydrogen-bond donors (Lipinski definition) is 2. The van der Waals surface area contributed by atoms with Gasteiger partial charge in [-0.2, -0.15) is 0 Å². The van der Waals surface area contributed by atoms with Gasteiger partial charge < -0.3 is 76.7 Å². The molecule has 2 atom stereocenters. The first-order chi connectivity index (χ1) is 37.1. The highest BCUT2D eigenvalue weighted by Gasteiger charge is 2.68. The molecule has 0 bridgehead atoms. The maximum Gasteiger partial charge on any atom is 0.428 e.